The van der Waals surface area contributed by atoms with Crippen LogP contribution in [0.3, 0.4) is 0 Å². The molecular weight excluding hydrogens is 772 g/mol. The van der Waals surface area contributed by atoms with Gasteiger partial charge in [-0.05, 0) is 87.6 Å². The summed E-state index contributed by atoms with van der Waals surface area (Å²) >= 11 is 5.42. The van der Waals surface area contributed by atoms with Gasteiger partial charge in [-0.1, -0.05) is 26.7 Å². The second-order valence-electron chi connectivity index (χ2n) is 7.91. The number of rotatable bonds is 15. The Morgan fingerprint density at radius 1 is 0.756 bits per heavy atom. The molecular formula is C29H49ClIKNa2O11. The first-order valence-electron chi connectivity index (χ1n) is 12.6. The number of benzene rings is 2. The van der Waals surface area contributed by atoms with Crippen LogP contribution in [0.15, 0.2) is 48.5 Å². The van der Waals surface area contributed by atoms with Crippen molar-refractivity contribution in [1.82, 2.24) is 0 Å². The smallest absolute Gasteiger partial charge is 1.00 e. The van der Waals surface area contributed by atoms with Crippen LogP contribution in [-0.4, -0.2) is 81.1 Å². The average molecular weight is 821 g/mol. The van der Waals surface area contributed by atoms with Gasteiger partial charge in [0.1, 0.15) is 11.5 Å². The van der Waals surface area contributed by atoms with Gasteiger partial charge in [0.25, 0.3) is 0 Å². The Hall–Kier alpha value is 1.44. The number of aromatic carboxylic acids is 1. The van der Waals surface area contributed by atoms with Crippen LogP contribution in [0.5, 0.6) is 11.5 Å². The van der Waals surface area contributed by atoms with Crippen molar-refractivity contribution >= 4 is 23.5 Å². The summed E-state index contributed by atoms with van der Waals surface area (Å²) in [6, 6.07) is 12.3. The summed E-state index contributed by atoms with van der Waals surface area (Å²) in [7, 11) is 0. The number of phenols is 1. The number of carbonyl (C=O) groups excluding carboxylic acids is 1. The second-order valence-corrected chi connectivity index (χ2v) is 8.29. The number of carboxylic acids is 1. The molecule has 8 N–H and O–H groups in total. The van der Waals surface area contributed by atoms with Gasteiger partial charge in [-0.25, -0.2) is 9.59 Å². The van der Waals surface area contributed by atoms with E-state index in [1.807, 2.05) is 0 Å². The molecule has 45 heavy (non-hydrogen) atoms. The normalized spacial score (nSPS) is 8.09. The van der Waals surface area contributed by atoms with E-state index in [0.29, 0.717) is 31.1 Å². The number of aromatic hydroxyl groups is 1. The van der Waals surface area contributed by atoms with Gasteiger partial charge in [0, 0.05) is 19.1 Å². The van der Waals surface area contributed by atoms with Crippen molar-refractivity contribution in [2.24, 2.45) is 0 Å². The van der Waals surface area contributed by atoms with Crippen LogP contribution >= 0.6 is 11.6 Å². The fourth-order valence-corrected chi connectivity index (χ4v) is 3.01. The van der Waals surface area contributed by atoms with Gasteiger partial charge in [-0.15, -0.1) is 11.6 Å². The molecule has 0 bridgehead atoms. The quantitative estimate of drug-likeness (QED) is 0.0437. The molecule has 2 aromatic carbocycles. The van der Waals surface area contributed by atoms with Crippen LogP contribution in [0.25, 0.3) is 0 Å². The average Bonchev–Trinajstić information content (AvgIpc) is 2.90. The maximum Gasteiger partial charge on any atom is 1.00 e. The number of ether oxygens (including phenoxy) is 2. The number of carbonyl (C=O) groups is 2. The maximum absolute atomic E-state index is 11.1. The third-order valence-electron chi connectivity index (χ3n) is 4.84. The van der Waals surface area contributed by atoms with Crippen molar-refractivity contribution in [3.8, 4) is 11.5 Å². The van der Waals surface area contributed by atoms with Gasteiger partial charge < -0.3 is 70.3 Å². The zero-order valence-corrected chi connectivity index (χ0v) is 36.4. The van der Waals surface area contributed by atoms with E-state index in [1.54, 1.807) is 19.1 Å². The Morgan fingerprint density at radius 3 is 1.58 bits per heavy atom. The number of hydrogen-bond acceptors (Lipinski definition) is 9. The van der Waals surface area contributed by atoms with Gasteiger partial charge in [-0.3, -0.25) is 0 Å². The first-order chi connectivity index (χ1) is 17.9. The Kier molecular flexibility index (Phi) is 75.7. The van der Waals surface area contributed by atoms with E-state index in [9.17, 15) is 9.59 Å². The third kappa shape index (κ3) is 41.5. The Morgan fingerprint density at radius 2 is 1.18 bits per heavy atom. The summed E-state index contributed by atoms with van der Waals surface area (Å²) in [5.41, 5.74) is 0.718. The van der Waals surface area contributed by atoms with E-state index in [-0.39, 0.29) is 182 Å². The molecule has 0 atom stereocenters. The van der Waals surface area contributed by atoms with Gasteiger partial charge in [-0.2, -0.15) is 0 Å². The van der Waals surface area contributed by atoms with Gasteiger partial charge in [0.15, 0.2) is 0 Å². The minimum atomic E-state index is -0.930. The van der Waals surface area contributed by atoms with E-state index in [0.717, 1.165) is 57.2 Å². The molecule has 0 amide bonds. The monoisotopic (exact) mass is 820 g/mol. The van der Waals surface area contributed by atoms with E-state index in [2.05, 4.69) is 0 Å². The summed E-state index contributed by atoms with van der Waals surface area (Å²) in [5.74, 6) is 0.295. The van der Waals surface area contributed by atoms with Crippen molar-refractivity contribution in [2.75, 3.05) is 32.3 Å². The molecule has 248 valence electrons. The molecule has 0 heterocycles. The number of esters is 1. The zero-order chi connectivity index (χ0) is 27.7. The first kappa shape index (κ1) is 68.4. The molecule has 2 rings (SSSR count). The molecule has 0 aliphatic carbocycles. The Bertz CT molecular complexity index is 851. The SMILES string of the molecule is C.CCOC(=O)c1ccc(O)cc1.O.O=C(O)c1ccc(OCCCCCCO)cc1.OCCCCCCCl.[I-].[K+].[Na+].[Na+].[OH-].[OH-]. The molecule has 0 unspecified atom stereocenters. The van der Waals surface area contributed by atoms with Crippen molar-refractivity contribution < 1.29 is 190 Å². The number of halogens is 2. The minimum Gasteiger partial charge on any atom is -1.00 e. The van der Waals surface area contributed by atoms with Gasteiger partial charge >= 0.3 is 122 Å². The molecule has 0 saturated heterocycles. The van der Waals surface area contributed by atoms with Crippen LogP contribution in [-0.2, 0) is 4.74 Å². The number of phenolic OH excluding ortho intramolecular Hbond substituents is 1. The van der Waals surface area contributed by atoms with Gasteiger partial charge in [0.05, 0.1) is 24.3 Å². The first-order valence-corrected chi connectivity index (χ1v) is 13.1. The van der Waals surface area contributed by atoms with Crippen molar-refractivity contribution in [3.05, 3.63) is 59.7 Å². The second kappa shape index (κ2) is 49.8. The van der Waals surface area contributed by atoms with Crippen LogP contribution in [0.2, 0.25) is 0 Å². The van der Waals surface area contributed by atoms with Crippen LogP contribution in [0.4, 0.5) is 0 Å². The fourth-order valence-electron chi connectivity index (χ4n) is 2.82. The summed E-state index contributed by atoms with van der Waals surface area (Å²) in [5, 5.41) is 34.6. The topological polar surface area (TPSA) is 225 Å². The molecule has 0 aliphatic rings. The molecule has 0 saturated carbocycles. The summed E-state index contributed by atoms with van der Waals surface area (Å²) in [6.07, 6.45) is 8.12. The standard InChI is InChI=1S/C13H18O4.C9H10O3.C6H13ClO.CH4.HI.K.2Na.3H2O/c14-9-3-1-2-4-10-17-12-7-5-11(6-8-12)13(15)16;1-2-12-9(11)7-3-5-8(10)6-4-7;7-5-3-1-2-4-6-8;;;;;;;;/h5-8,14H,1-4,9-10H2,(H,15,16);3-6,10H,2H2,1H3;8H,1-6H2;1H4;1H;;;;3*1H2/q;;;;;3*+1;;;/p-3. The number of aliphatic hydroxyl groups is 2. The predicted molar refractivity (Wildman–Crippen MR) is 159 cm³/mol. The number of carboxylic acid groups (broad SMARTS) is 1. The largest absolute Gasteiger partial charge is 1.00 e. The summed E-state index contributed by atoms with van der Waals surface area (Å²) in [4.78, 5) is 21.7. The predicted octanol–water partition coefficient (Wildman–Crippen LogP) is -6.86. The maximum atomic E-state index is 11.1. The molecule has 11 nitrogen and oxygen atoms in total. The molecule has 0 aliphatic heterocycles. The van der Waals surface area contributed by atoms with Crippen molar-refractivity contribution in [2.45, 2.75) is 65.7 Å². The molecule has 0 fully saturated rings. The summed E-state index contributed by atoms with van der Waals surface area (Å²) < 4.78 is 10.2. The number of unbranched alkanes of at least 4 members (excludes halogenated alkanes) is 6. The van der Waals surface area contributed by atoms with E-state index >= 15 is 0 Å². The Balaban J connectivity index is -0.0000000597. The van der Waals surface area contributed by atoms with Gasteiger partial charge in [0.2, 0.25) is 0 Å². The van der Waals surface area contributed by atoms with Crippen LogP contribution in [0.1, 0.15) is 86.4 Å². The van der Waals surface area contributed by atoms with Crippen molar-refractivity contribution in [3.63, 3.8) is 0 Å². The third-order valence-corrected chi connectivity index (χ3v) is 5.11. The minimum absolute atomic E-state index is 0. The van der Waals surface area contributed by atoms with E-state index in [1.165, 1.54) is 36.4 Å². The number of aliphatic hydroxyl groups excluding tert-OH is 2. The van der Waals surface area contributed by atoms with Crippen LogP contribution in [0, 0.1) is 0 Å². The van der Waals surface area contributed by atoms with E-state index in [4.69, 9.17) is 41.5 Å². The number of alkyl halides is 1. The molecule has 2 aromatic rings. The number of hydrogen-bond donors (Lipinski definition) is 4. The molecule has 16 heteroatoms. The fraction of sp³-hybridized carbons (Fsp3) is 0.517. The molecule has 0 spiro atoms. The van der Waals surface area contributed by atoms with E-state index < -0.39 is 5.97 Å². The summed E-state index contributed by atoms with van der Waals surface area (Å²) in [6.45, 7) is 3.30. The van der Waals surface area contributed by atoms with Crippen molar-refractivity contribution in [1.29, 1.82) is 0 Å². The molecule has 0 radical (unpaired) electrons. The Labute approximate surface area is 377 Å². The zero-order valence-electron chi connectivity index (χ0n) is 26.4. The van der Waals surface area contributed by atoms with Crippen LogP contribution < -0.4 is 139 Å². The molecule has 0 aromatic heterocycles.